The third-order valence-corrected chi connectivity index (χ3v) is 2.63. The van der Waals surface area contributed by atoms with Crippen molar-refractivity contribution in [2.24, 2.45) is 0 Å². The van der Waals surface area contributed by atoms with E-state index < -0.39 is 29.2 Å². The van der Waals surface area contributed by atoms with E-state index in [2.05, 4.69) is 10.3 Å². The molecule has 1 aromatic heterocycles. The van der Waals surface area contributed by atoms with Crippen LogP contribution in [-0.4, -0.2) is 31.2 Å². The Bertz CT molecular complexity index is 390. The lowest BCUT2D eigenvalue weighted by Crippen LogP contribution is -2.30. The van der Waals surface area contributed by atoms with Crippen LogP contribution >= 0.6 is 0 Å². The molecule has 17 heavy (non-hydrogen) atoms. The summed E-state index contributed by atoms with van der Waals surface area (Å²) >= 11 is 0. The molecule has 0 atom stereocenters. The van der Waals surface area contributed by atoms with Crippen molar-refractivity contribution in [1.82, 2.24) is 10.3 Å². The Hall–Kier alpha value is -1.37. The number of hydrogen-bond acceptors (Lipinski definition) is 3. The van der Waals surface area contributed by atoms with Gasteiger partial charge in [0.2, 0.25) is 11.6 Å². The lowest BCUT2D eigenvalue weighted by atomic mass is 10.3. The van der Waals surface area contributed by atoms with Crippen LogP contribution in [0.15, 0.2) is 0 Å². The van der Waals surface area contributed by atoms with Crippen LogP contribution in [0.1, 0.15) is 6.42 Å². The highest BCUT2D eigenvalue weighted by Crippen LogP contribution is 2.26. The number of rotatable bonds is 1. The van der Waals surface area contributed by atoms with Crippen LogP contribution in [-0.2, 0) is 0 Å². The molecule has 0 unspecified atom stereocenters. The number of nitrogens with one attached hydrogen (secondary N) is 1. The highest BCUT2D eigenvalue weighted by molar-refractivity contribution is 5.48. The lowest BCUT2D eigenvalue weighted by Gasteiger charge is -2.23. The average molecular weight is 249 g/mol. The van der Waals surface area contributed by atoms with E-state index in [1.54, 1.807) is 0 Å². The van der Waals surface area contributed by atoms with E-state index in [9.17, 15) is 17.6 Å². The predicted octanol–water partition coefficient (Wildman–Crippen LogP) is 1.44. The molecular weight excluding hydrogens is 238 g/mol. The molecule has 1 aliphatic heterocycles. The van der Waals surface area contributed by atoms with Crippen LogP contribution in [0.5, 0.6) is 0 Å². The van der Waals surface area contributed by atoms with Crippen molar-refractivity contribution in [2.45, 2.75) is 6.42 Å². The van der Waals surface area contributed by atoms with Gasteiger partial charge in [0.25, 0.3) is 11.9 Å². The first-order valence-electron chi connectivity index (χ1n) is 5.27. The number of aromatic nitrogens is 1. The van der Waals surface area contributed by atoms with Gasteiger partial charge in [-0.05, 0) is 13.0 Å². The Labute approximate surface area is 95.4 Å². The van der Waals surface area contributed by atoms with Crippen LogP contribution in [0.2, 0.25) is 0 Å². The molecule has 2 heterocycles. The van der Waals surface area contributed by atoms with E-state index in [1.165, 1.54) is 4.90 Å². The zero-order valence-corrected chi connectivity index (χ0v) is 8.94. The Balaban J connectivity index is 2.42. The zero-order valence-electron chi connectivity index (χ0n) is 8.94. The first-order valence-corrected chi connectivity index (χ1v) is 5.27. The van der Waals surface area contributed by atoms with E-state index in [0.717, 1.165) is 0 Å². The summed E-state index contributed by atoms with van der Waals surface area (Å²) in [6, 6.07) is 0. The van der Waals surface area contributed by atoms with Crippen LogP contribution in [0.4, 0.5) is 23.2 Å². The summed E-state index contributed by atoms with van der Waals surface area (Å²) in [7, 11) is 0. The maximum Gasteiger partial charge on any atom is 0.253 e. The largest absolute Gasteiger partial charge is 0.365 e. The van der Waals surface area contributed by atoms with Gasteiger partial charge >= 0.3 is 0 Å². The number of nitrogens with zero attached hydrogens (tertiary/aromatic N) is 2. The molecule has 0 amide bonds. The summed E-state index contributed by atoms with van der Waals surface area (Å²) in [4.78, 5) is 3.82. The Morgan fingerprint density at radius 2 is 1.59 bits per heavy atom. The van der Waals surface area contributed by atoms with Crippen molar-refractivity contribution in [3.8, 4) is 0 Å². The van der Waals surface area contributed by atoms with E-state index in [0.29, 0.717) is 26.1 Å². The van der Waals surface area contributed by atoms with E-state index in [-0.39, 0.29) is 6.54 Å². The van der Waals surface area contributed by atoms with Gasteiger partial charge in [0.1, 0.15) is 5.69 Å². The molecule has 1 saturated heterocycles. The Kier molecular flexibility index (Phi) is 3.46. The minimum atomic E-state index is -1.61. The van der Waals surface area contributed by atoms with Crippen molar-refractivity contribution < 1.29 is 17.6 Å². The van der Waals surface area contributed by atoms with Gasteiger partial charge in [0.15, 0.2) is 0 Å². The lowest BCUT2D eigenvalue weighted by molar-refractivity contribution is 0.406. The molecule has 3 nitrogen and oxygen atoms in total. The summed E-state index contributed by atoms with van der Waals surface area (Å²) < 4.78 is 52.8. The summed E-state index contributed by atoms with van der Waals surface area (Å²) in [6.45, 7) is 1.83. The fourth-order valence-corrected chi connectivity index (χ4v) is 1.82. The fraction of sp³-hybridized carbons (Fsp3) is 0.500. The van der Waals surface area contributed by atoms with E-state index in [1.807, 2.05) is 0 Å². The summed E-state index contributed by atoms with van der Waals surface area (Å²) in [5.74, 6) is -6.11. The summed E-state index contributed by atoms with van der Waals surface area (Å²) in [5.41, 5.74) is -0.668. The second-order valence-electron chi connectivity index (χ2n) is 3.76. The second-order valence-corrected chi connectivity index (χ2v) is 3.76. The minimum Gasteiger partial charge on any atom is -0.365 e. The maximum atomic E-state index is 13.5. The third kappa shape index (κ3) is 2.33. The number of halogens is 4. The standard InChI is InChI=1S/C10H11F4N3/c11-6-8(7(12)10(14)16-9(6)13)17-4-1-2-15-3-5-17/h15H,1-5H2. The maximum absolute atomic E-state index is 13.5. The van der Waals surface area contributed by atoms with Crippen LogP contribution in [0, 0.1) is 23.5 Å². The van der Waals surface area contributed by atoms with Crippen LogP contribution < -0.4 is 10.2 Å². The SMILES string of the molecule is Fc1nc(F)c(F)c(N2CCCNCC2)c1F. The first-order chi connectivity index (χ1) is 8.11. The summed E-state index contributed by atoms with van der Waals surface area (Å²) in [5, 5.41) is 3.03. The highest BCUT2D eigenvalue weighted by atomic mass is 19.2. The van der Waals surface area contributed by atoms with Gasteiger partial charge < -0.3 is 10.2 Å². The quantitative estimate of drug-likeness (QED) is 0.603. The van der Waals surface area contributed by atoms with Crippen molar-refractivity contribution >= 4 is 5.69 Å². The normalized spacial score (nSPS) is 17.1. The molecular formula is C10H11F4N3. The molecule has 0 saturated carbocycles. The number of anilines is 1. The van der Waals surface area contributed by atoms with Crippen LogP contribution in [0.25, 0.3) is 0 Å². The highest BCUT2D eigenvalue weighted by Gasteiger charge is 2.25. The average Bonchev–Trinajstić information content (AvgIpc) is 2.56. The van der Waals surface area contributed by atoms with E-state index in [4.69, 9.17) is 0 Å². The molecule has 1 fully saturated rings. The monoisotopic (exact) mass is 249 g/mol. The van der Waals surface area contributed by atoms with Crippen molar-refractivity contribution in [1.29, 1.82) is 0 Å². The van der Waals surface area contributed by atoms with Crippen molar-refractivity contribution in [3.63, 3.8) is 0 Å². The smallest absolute Gasteiger partial charge is 0.253 e. The third-order valence-electron chi connectivity index (χ3n) is 2.63. The Morgan fingerprint density at radius 1 is 0.941 bits per heavy atom. The molecule has 1 aromatic rings. The molecule has 0 aromatic carbocycles. The zero-order chi connectivity index (χ0) is 12.4. The van der Waals surface area contributed by atoms with Gasteiger partial charge in [-0.2, -0.15) is 22.5 Å². The molecule has 0 radical (unpaired) electrons. The van der Waals surface area contributed by atoms with Gasteiger partial charge in [-0.3, -0.25) is 0 Å². The van der Waals surface area contributed by atoms with Crippen LogP contribution in [0.3, 0.4) is 0 Å². The molecule has 0 spiro atoms. The number of pyridine rings is 1. The Morgan fingerprint density at radius 3 is 2.24 bits per heavy atom. The molecule has 2 rings (SSSR count). The first kappa shape index (κ1) is 12.1. The van der Waals surface area contributed by atoms with Crippen molar-refractivity contribution in [3.05, 3.63) is 23.5 Å². The van der Waals surface area contributed by atoms with Crippen molar-refractivity contribution in [2.75, 3.05) is 31.1 Å². The molecule has 94 valence electrons. The molecule has 1 N–H and O–H groups in total. The van der Waals surface area contributed by atoms with Gasteiger partial charge in [-0.15, -0.1) is 0 Å². The van der Waals surface area contributed by atoms with E-state index >= 15 is 0 Å². The minimum absolute atomic E-state index is 0.288. The summed E-state index contributed by atoms with van der Waals surface area (Å²) in [6.07, 6.45) is 0.643. The van der Waals surface area contributed by atoms with Gasteiger partial charge in [-0.25, -0.2) is 0 Å². The number of hydrogen-bond donors (Lipinski definition) is 1. The van der Waals surface area contributed by atoms with Gasteiger partial charge in [0, 0.05) is 19.6 Å². The fourth-order valence-electron chi connectivity index (χ4n) is 1.82. The molecule has 0 aliphatic carbocycles. The molecule has 7 heteroatoms. The predicted molar refractivity (Wildman–Crippen MR) is 53.8 cm³/mol. The van der Waals surface area contributed by atoms with Gasteiger partial charge in [0.05, 0.1) is 0 Å². The molecule has 1 aliphatic rings. The van der Waals surface area contributed by atoms with Gasteiger partial charge in [-0.1, -0.05) is 0 Å². The second kappa shape index (κ2) is 4.87. The topological polar surface area (TPSA) is 28.2 Å². The molecule has 0 bridgehead atoms.